The number of methoxy groups -OCH3 is 1. The minimum absolute atomic E-state index is 0.258. The molecular weight excluding hydrogens is 314 g/mol. The molecule has 1 aliphatic rings. The van der Waals surface area contributed by atoms with Gasteiger partial charge in [0.25, 0.3) is 0 Å². The number of piperidine rings is 1. The van der Waals surface area contributed by atoms with Crippen LogP contribution in [0.3, 0.4) is 0 Å². The summed E-state index contributed by atoms with van der Waals surface area (Å²) in [6, 6.07) is 8.19. The van der Waals surface area contributed by atoms with Gasteiger partial charge in [0.05, 0.1) is 13.3 Å². The van der Waals surface area contributed by atoms with Crippen molar-refractivity contribution < 1.29 is 9.53 Å². The number of likely N-dealkylation sites (tertiary alicyclic amines) is 1. The molecule has 0 unspecified atom stereocenters. The lowest BCUT2D eigenvalue weighted by Gasteiger charge is -2.33. The van der Waals surface area contributed by atoms with Crippen LogP contribution in [-0.4, -0.2) is 40.8 Å². The molecule has 0 aliphatic carbocycles. The van der Waals surface area contributed by atoms with E-state index in [-0.39, 0.29) is 5.91 Å². The maximum Gasteiger partial charge on any atom is 0.222 e. The summed E-state index contributed by atoms with van der Waals surface area (Å²) in [5.41, 5.74) is 2.36. The van der Waals surface area contributed by atoms with E-state index < -0.39 is 0 Å². The first-order valence-corrected chi connectivity index (χ1v) is 9.03. The normalized spacial score (nSPS) is 17.5. The highest BCUT2D eigenvalue weighted by Crippen LogP contribution is 2.26. The molecule has 0 bridgehead atoms. The van der Waals surface area contributed by atoms with Crippen LogP contribution in [0, 0.1) is 5.92 Å². The van der Waals surface area contributed by atoms with Gasteiger partial charge in [0.2, 0.25) is 5.91 Å². The van der Waals surface area contributed by atoms with Gasteiger partial charge >= 0.3 is 0 Å². The molecule has 25 heavy (non-hydrogen) atoms. The molecule has 5 heteroatoms. The summed E-state index contributed by atoms with van der Waals surface area (Å²) in [6.07, 6.45) is 8.37. The van der Waals surface area contributed by atoms with Gasteiger partial charge < -0.3 is 9.64 Å². The zero-order valence-corrected chi connectivity index (χ0v) is 15.1. The third-order valence-corrected chi connectivity index (χ3v) is 4.96. The number of aryl methyl sites for hydroxylation is 2. The predicted molar refractivity (Wildman–Crippen MR) is 97.5 cm³/mol. The Hall–Kier alpha value is -2.30. The molecule has 5 nitrogen and oxygen atoms in total. The number of rotatable bonds is 6. The first-order valence-electron chi connectivity index (χ1n) is 9.03. The van der Waals surface area contributed by atoms with Crippen LogP contribution >= 0.6 is 0 Å². The fourth-order valence-corrected chi connectivity index (χ4v) is 3.65. The average molecular weight is 341 g/mol. The predicted octanol–water partition coefficient (Wildman–Crippen LogP) is 2.84. The van der Waals surface area contributed by atoms with Crippen molar-refractivity contribution in [3.63, 3.8) is 0 Å². The van der Waals surface area contributed by atoms with Gasteiger partial charge in [0.15, 0.2) is 0 Å². The molecule has 1 aromatic carbocycles. The van der Waals surface area contributed by atoms with Crippen molar-refractivity contribution in [2.75, 3.05) is 20.2 Å². The van der Waals surface area contributed by atoms with Gasteiger partial charge in [-0.15, -0.1) is 0 Å². The fourth-order valence-electron chi connectivity index (χ4n) is 3.65. The van der Waals surface area contributed by atoms with Crippen molar-refractivity contribution >= 4 is 5.91 Å². The first-order chi connectivity index (χ1) is 12.2. The molecule has 2 heterocycles. The second-order valence-electron chi connectivity index (χ2n) is 6.89. The molecule has 1 fully saturated rings. The van der Waals surface area contributed by atoms with E-state index in [4.69, 9.17) is 4.74 Å². The van der Waals surface area contributed by atoms with Gasteiger partial charge in [-0.25, -0.2) is 0 Å². The lowest BCUT2D eigenvalue weighted by atomic mass is 9.90. The van der Waals surface area contributed by atoms with E-state index in [2.05, 4.69) is 17.2 Å². The maximum absolute atomic E-state index is 12.6. The van der Waals surface area contributed by atoms with E-state index in [1.165, 1.54) is 12.0 Å². The van der Waals surface area contributed by atoms with Crippen LogP contribution in [0.4, 0.5) is 0 Å². The van der Waals surface area contributed by atoms with E-state index >= 15 is 0 Å². The van der Waals surface area contributed by atoms with E-state index in [1.807, 2.05) is 36.5 Å². The van der Waals surface area contributed by atoms with Crippen LogP contribution in [0.25, 0.3) is 0 Å². The largest absolute Gasteiger partial charge is 0.496 e. The number of hydrogen-bond donors (Lipinski definition) is 0. The topological polar surface area (TPSA) is 47.4 Å². The Balaban J connectivity index is 1.54. The highest BCUT2D eigenvalue weighted by atomic mass is 16.5. The summed E-state index contributed by atoms with van der Waals surface area (Å²) in [6.45, 7) is 1.73. The molecular formula is C20H27N3O2. The molecule has 1 atom stereocenters. The van der Waals surface area contributed by atoms with Crippen molar-refractivity contribution in [3.05, 3.63) is 47.8 Å². The summed E-state index contributed by atoms with van der Waals surface area (Å²) in [5.74, 6) is 1.71. The smallest absolute Gasteiger partial charge is 0.222 e. The van der Waals surface area contributed by atoms with Crippen molar-refractivity contribution in [2.45, 2.75) is 32.1 Å². The number of amides is 1. The average Bonchev–Trinajstić information content (AvgIpc) is 3.06. The lowest BCUT2D eigenvalue weighted by Crippen LogP contribution is -2.40. The number of carbonyl (C=O) groups excluding carboxylic acids is 1. The van der Waals surface area contributed by atoms with Crippen LogP contribution in [-0.2, 0) is 24.7 Å². The fraction of sp³-hybridized carbons (Fsp3) is 0.500. The summed E-state index contributed by atoms with van der Waals surface area (Å²) < 4.78 is 7.24. The minimum Gasteiger partial charge on any atom is -0.496 e. The Bertz CT molecular complexity index is 710. The number of benzene rings is 1. The molecule has 1 aliphatic heterocycles. The molecule has 1 aromatic heterocycles. The van der Waals surface area contributed by atoms with Gasteiger partial charge in [-0.2, -0.15) is 5.10 Å². The Morgan fingerprint density at radius 1 is 1.36 bits per heavy atom. The second-order valence-corrected chi connectivity index (χ2v) is 6.89. The van der Waals surface area contributed by atoms with Crippen molar-refractivity contribution in [1.82, 2.24) is 14.7 Å². The molecule has 2 aromatic rings. The van der Waals surface area contributed by atoms with Crippen LogP contribution in [0.15, 0.2) is 36.7 Å². The molecule has 0 saturated carbocycles. The van der Waals surface area contributed by atoms with Crippen LogP contribution in [0.2, 0.25) is 0 Å². The summed E-state index contributed by atoms with van der Waals surface area (Å²) in [5, 5.41) is 4.16. The van der Waals surface area contributed by atoms with Crippen LogP contribution < -0.4 is 4.74 Å². The quantitative estimate of drug-likeness (QED) is 0.812. The third-order valence-electron chi connectivity index (χ3n) is 4.96. The first kappa shape index (κ1) is 17.5. The highest BCUT2D eigenvalue weighted by molar-refractivity contribution is 5.76. The SMILES string of the molecule is COc1ccccc1C[C@@H]1CCCN(C(=O)CCc2cnn(C)c2)C1. The van der Waals surface area contributed by atoms with E-state index in [0.29, 0.717) is 12.3 Å². The summed E-state index contributed by atoms with van der Waals surface area (Å²) in [4.78, 5) is 14.6. The zero-order chi connectivity index (χ0) is 17.6. The highest BCUT2D eigenvalue weighted by Gasteiger charge is 2.24. The molecule has 3 rings (SSSR count). The number of aromatic nitrogens is 2. The molecule has 1 saturated heterocycles. The Kier molecular flexibility index (Phi) is 5.74. The Morgan fingerprint density at radius 2 is 2.20 bits per heavy atom. The number of para-hydroxylation sites is 1. The molecule has 0 N–H and O–H groups in total. The second kappa shape index (κ2) is 8.19. The number of nitrogens with zero attached hydrogens (tertiary/aromatic N) is 3. The van der Waals surface area contributed by atoms with Crippen LogP contribution in [0.5, 0.6) is 5.75 Å². The van der Waals surface area contributed by atoms with Gasteiger partial charge in [0, 0.05) is 32.8 Å². The van der Waals surface area contributed by atoms with E-state index in [1.54, 1.807) is 11.8 Å². The Morgan fingerprint density at radius 3 is 2.96 bits per heavy atom. The number of ether oxygens (including phenoxy) is 1. The lowest BCUT2D eigenvalue weighted by molar-refractivity contribution is -0.132. The minimum atomic E-state index is 0.258. The Labute approximate surface area is 149 Å². The van der Waals surface area contributed by atoms with Gasteiger partial charge in [-0.05, 0) is 48.8 Å². The molecule has 0 radical (unpaired) electrons. The molecule has 0 spiro atoms. The van der Waals surface area contributed by atoms with Crippen molar-refractivity contribution in [2.24, 2.45) is 13.0 Å². The van der Waals surface area contributed by atoms with Crippen molar-refractivity contribution in [1.29, 1.82) is 0 Å². The number of carbonyl (C=O) groups is 1. The third kappa shape index (κ3) is 4.62. The van der Waals surface area contributed by atoms with Crippen LogP contribution in [0.1, 0.15) is 30.4 Å². The standard InChI is InChI=1S/C20H27N3O2/c1-22-14-17(13-21-22)9-10-20(24)23-11-5-6-16(15-23)12-18-7-3-4-8-19(18)25-2/h3-4,7-8,13-14,16H,5-6,9-12,15H2,1-2H3/t16-/m0/s1. The molecule has 134 valence electrons. The van der Waals surface area contributed by atoms with Crippen molar-refractivity contribution in [3.8, 4) is 5.75 Å². The van der Waals surface area contributed by atoms with E-state index in [0.717, 1.165) is 43.7 Å². The summed E-state index contributed by atoms with van der Waals surface area (Å²) in [7, 11) is 3.62. The van der Waals surface area contributed by atoms with Gasteiger partial charge in [0.1, 0.15) is 5.75 Å². The van der Waals surface area contributed by atoms with E-state index in [9.17, 15) is 4.79 Å². The zero-order valence-electron chi connectivity index (χ0n) is 15.1. The molecule has 1 amide bonds. The maximum atomic E-state index is 12.6. The number of hydrogen-bond acceptors (Lipinski definition) is 3. The van der Waals surface area contributed by atoms with Gasteiger partial charge in [-0.1, -0.05) is 18.2 Å². The monoisotopic (exact) mass is 341 g/mol. The summed E-state index contributed by atoms with van der Waals surface area (Å²) >= 11 is 0. The van der Waals surface area contributed by atoms with Gasteiger partial charge in [-0.3, -0.25) is 9.48 Å².